The maximum absolute atomic E-state index is 11.6. The molecule has 2 N–H and O–H groups in total. The fourth-order valence-corrected chi connectivity index (χ4v) is 2.41. The molecule has 0 aromatic carbocycles. The molecule has 1 fully saturated rings. The molecule has 0 saturated carbocycles. The van der Waals surface area contributed by atoms with E-state index in [1.807, 2.05) is 12.1 Å². The summed E-state index contributed by atoms with van der Waals surface area (Å²) in [5.41, 5.74) is 0.823. The first kappa shape index (κ1) is 13.8. The van der Waals surface area contributed by atoms with Crippen LogP contribution in [0.5, 0.6) is 0 Å². The number of aliphatic hydroxyl groups is 1. The smallest absolute Gasteiger partial charge is 0.222 e. The highest BCUT2D eigenvalue weighted by Crippen LogP contribution is 2.22. The van der Waals surface area contributed by atoms with Crippen LogP contribution in [0.3, 0.4) is 0 Å². The predicted octanol–water partition coefficient (Wildman–Crippen LogP) is 1.10. The summed E-state index contributed by atoms with van der Waals surface area (Å²) in [6.07, 6.45) is 2.95. The van der Waals surface area contributed by atoms with E-state index in [1.54, 1.807) is 20.2 Å². The minimum atomic E-state index is -0.486. The Morgan fingerprint density at radius 1 is 1.47 bits per heavy atom. The van der Waals surface area contributed by atoms with Crippen LogP contribution in [-0.4, -0.2) is 36.1 Å². The maximum atomic E-state index is 11.6. The summed E-state index contributed by atoms with van der Waals surface area (Å²) in [6, 6.07) is 3.83. The Morgan fingerprint density at radius 3 is 2.63 bits per heavy atom. The van der Waals surface area contributed by atoms with Crippen LogP contribution in [0, 0.1) is 5.92 Å². The highest BCUT2D eigenvalue weighted by atomic mass is 16.3. The summed E-state index contributed by atoms with van der Waals surface area (Å²) < 4.78 is 0. The molecule has 1 aliphatic rings. The van der Waals surface area contributed by atoms with Gasteiger partial charge in [0.15, 0.2) is 0 Å². The molecule has 0 spiro atoms. The molecular weight excluding hydrogens is 242 g/mol. The van der Waals surface area contributed by atoms with Gasteiger partial charge in [-0.2, -0.15) is 0 Å². The molecule has 0 radical (unpaired) electrons. The van der Waals surface area contributed by atoms with Crippen molar-refractivity contribution in [3.8, 4) is 0 Å². The standard InChI is InChI=1S/C14H21N3O2/c1-10(18)12-3-4-13(16-9-12)17-7-5-11(6-8-17)14(19)15-2/h3-4,9-11,18H,5-8H2,1-2H3,(H,15,19)/t10-/m1/s1. The first-order chi connectivity index (χ1) is 9.11. The first-order valence-electron chi connectivity index (χ1n) is 6.72. The van der Waals surface area contributed by atoms with E-state index in [2.05, 4.69) is 15.2 Å². The first-order valence-corrected chi connectivity index (χ1v) is 6.72. The van der Waals surface area contributed by atoms with Crippen molar-refractivity contribution in [3.05, 3.63) is 23.9 Å². The third kappa shape index (κ3) is 3.23. The largest absolute Gasteiger partial charge is 0.389 e. The molecule has 5 nitrogen and oxygen atoms in total. The quantitative estimate of drug-likeness (QED) is 0.857. The Bertz CT molecular complexity index is 423. The highest BCUT2D eigenvalue weighted by Gasteiger charge is 2.24. The second-order valence-corrected chi connectivity index (χ2v) is 5.00. The van der Waals surface area contributed by atoms with E-state index in [-0.39, 0.29) is 11.8 Å². The number of piperidine rings is 1. The summed E-state index contributed by atoms with van der Waals surface area (Å²) in [5.74, 6) is 1.18. The van der Waals surface area contributed by atoms with Crippen molar-refractivity contribution in [2.75, 3.05) is 25.0 Å². The van der Waals surface area contributed by atoms with Crippen LogP contribution in [0.25, 0.3) is 0 Å². The number of hydrogen-bond donors (Lipinski definition) is 2. The Hall–Kier alpha value is -1.62. The fraction of sp³-hybridized carbons (Fsp3) is 0.571. The number of nitrogens with zero attached hydrogens (tertiary/aromatic N) is 2. The zero-order chi connectivity index (χ0) is 13.8. The molecule has 2 rings (SSSR count). The van der Waals surface area contributed by atoms with Crippen molar-refractivity contribution in [3.63, 3.8) is 0 Å². The highest BCUT2D eigenvalue weighted by molar-refractivity contribution is 5.78. The Balaban J connectivity index is 1.96. The van der Waals surface area contributed by atoms with Gasteiger partial charge in [0.2, 0.25) is 5.91 Å². The second kappa shape index (κ2) is 6.02. The van der Waals surface area contributed by atoms with Gasteiger partial charge in [-0.3, -0.25) is 4.79 Å². The van der Waals surface area contributed by atoms with Gasteiger partial charge in [-0.15, -0.1) is 0 Å². The number of carbonyl (C=O) groups excluding carboxylic acids is 1. The van der Waals surface area contributed by atoms with Crippen LogP contribution < -0.4 is 10.2 Å². The molecule has 5 heteroatoms. The van der Waals surface area contributed by atoms with Crippen molar-refractivity contribution < 1.29 is 9.90 Å². The van der Waals surface area contributed by atoms with E-state index in [0.717, 1.165) is 37.3 Å². The second-order valence-electron chi connectivity index (χ2n) is 5.00. The minimum absolute atomic E-state index is 0.123. The number of pyridine rings is 1. The molecule has 0 aliphatic carbocycles. The molecule has 1 saturated heterocycles. The predicted molar refractivity (Wildman–Crippen MR) is 73.9 cm³/mol. The lowest BCUT2D eigenvalue weighted by molar-refractivity contribution is -0.125. The van der Waals surface area contributed by atoms with Gasteiger partial charge < -0.3 is 15.3 Å². The monoisotopic (exact) mass is 263 g/mol. The number of hydrogen-bond acceptors (Lipinski definition) is 4. The van der Waals surface area contributed by atoms with E-state index in [4.69, 9.17) is 0 Å². The van der Waals surface area contributed by atoms with Gasteiger partial charge in [0.25, 0.3) is 0 Å². The van der Waals surface area contributed by atoms with Gasteiger partial charge in [0.05, 0.1) is 6.10 Å². The number of aliphatic hydroxyl groups excluding tert-OH is 1. The molecule has 1 aliphatic heterocycles. The van der Waals surface area contributed by atoms with Gasteiger partial charge in [-0.05, 0) is 31.4 Å². The topological polar surface area (TPSA) is 65.5 Å². The third-order valence-corrected chi connectivity index (χ3v) is 3.69. The lowest BCUT2D eigenvalue weighted by Crippen LogP contribution is -2.39. The van der Waals surface area contributed by atoms with Gasteiger partial charge in [0, 0.05) is 32.3 Å². The number of nitrogens with one attached hydrogen (secondary N) is 1. The van der Waals surface area contributed by atoms with Crippen LogP contribution in [0.2, 0.25) is 0 Å². The summed E-state index contributed by atoms with van der Waals surface area (Å²) in [4.78, 5) is 18.1. The number of rotatable bonds is 3. The molecular formula is C14H21N3O2. The van der Waals surface area contributed by atoms with Gasteiger partial charge in [-0.1, -0.05) is 6.07 Å². The Kier molecular flexibility index (Phi) is 4.37. The van der Waals surface area contributed by atoms with Crippen molar-refractivity contribution in [2.24, 2.45) is 5.92 Å². The summed E-state index contributed by atoms with van der Waals surface area (Å²) >= 11 is 0. The van der Waals surface area contributed by atoms with E-state index >= 15 is 0 Å². The minimum Gasteiger partial charge on any atom is -0.389 e. The van der Waals surface area contributed by atoms with E-state index < -0.39 is 6.10 Å². The molecule has 1 atom stereocenters. The van der Waals surface area contributed by atoms with E-state index in [9.17, 15) is 9.90 Å². The Labute approximate surface area is 113 Å². The summed E-state index contributed by atoms with van der Waals surface area (Å²) in [7, 11) is 1.69. The van der Waals surface area contributed by atoms with Gasteiger partial charge >= 0.3 is 0 Å². The van der Waals surface area contributed by atoms with Crippen LogP contribution >= 0.6 is 0 Å². The zero-order valence-corrected chi connectivity index (χ0v) is 11.5. The van der Waals surface area contributed by atoms with E-state index in [1.165, 1.54) is 0 Å². The molecule has 1 amide bonds. The molecule has 104 valence electrons. The normalized spacial score (nSPS) is 18.2. The molecule has 2 heterocycles. The number of aromatic nitrogens is 1. The van der Waals surface area contributed by atoms with E-state index in [0.29, 0.717) is 0 Å². The Morgan fingerprint density at radius 2 is 2.16 bits per heavy atom. The molecule has 0 unspecified atom stereocenters. The third-order valence-electron chi connectivity index (χ3n) is 3.69. The molecule has 19 heavy (non-hydrogen) atoms. The lowest BCUT2D eigenvalue weighted by Gasteiger charge is -2.32. The summed E-state index contributed by atoms with van der Waals surface area (Å²) in [5, 5.41) is 12.2. The summed E-state index contributed by atoms with van der Waals surface area (Å²) in [6.45, 7) is 3.42. The lowest BCUT2D eigenvalue weighted by atomic mass is 9.96. The van der Waals surface area contributed by atoms with Crippen molar-refractivity contribution in [1.29, 1.82) is 0 Å². The van der Waals surface area contributed by atoms with Crippen LogP contribution in [-0.2, 0) is 4.79 Å². The zero-order valence-electron chi connectivity index (χ0n) is 11.5. The average molecular weight is 263 g/mol. The molecule has 1 aromatic rings. The van der Waals surface area contributed by atoms with Crippen LogP contribution in [0.4, 0.5) is 5.82 Å². The number of anilines is 1. The van der Waals surface area contributed by atoms with Crippen molar-refractivity contribution in [2.45, 2.75) is 25.9 Å². The van der Waals surface area contributed by atoms with Crippen molar-refractivity contribution >= 4 is 11.7 Å². The molecule has 1 aromatic heterocycles. The van der Waals surface area contributed by atoms with Crippen LogP contribution in [0.15, 0.2) is 18.3 Å². The van der Waals surface area contributed by atoms with Gasteiger partial charge in [0.1, 0.15) is 5.82 Å². The van der Waals surface area contributed by atoms with Crippen molar-refractivity contribution in [1.82, 2.24) is 10.3 Å². The fourth-order valence-electron chi connectivity index (χ4n) is 2.41. The average Bonchev–Trinajstić information content (AvgIpc) is 2.46. The SMILES string of the molecule is CNC(=O)C1CCN(c2ccc([C@@H](C)O)cn2)CC1. The van der Waals surface area contributed by atoms with Crippen LogP contribution in [0.1, 0.15) is 31.4 Å². The maximum Gasteiger partial charge on any atom is 0.222 e. The number of amides is 1. The molecule has 0 bridgehead atoms. The van der Waals surface area contributed by atoms with Gasteiger partial charge in [-0.25, -0.2) is 4.98 Å². The number of carbonyl (C=O) groups is 1.